The first kappa shape index (κ1) is 24.2. The van der Waals surface area contributed by atoms with Gasteiger partial charge in [-0.05, 0) is 30.9 Å². The van der Waals surface area contributed by atoms with Crippen molar-refractivity contribution in [1.29, 1.82) is 0 Å². The Bertz CT molecular complexity index is 999. The van der Waals surface area contributed by atoms with E-state index < -0.39 is 6.04 Å². The van der Waals surface area contributed by atoms with Crippen LogP contribution in [-0.4, -0.2) is 77.1 Å². The zero-order chi connectivity index (χ0) is 24.1. The molecule has 0 bridgehead atoms. The molecule has 1 aromatic heterocycles. The molecule has 2 heterocycles. The van der Waals surface area contributed by atoms with Gasteiger partial charge in [-0.3, -0.25) is 4.90 Å². The summed E-state index contributed by atoms with van der Waals surface area (Å²) in [6.07, 6.45) is 4.60. The fourth-order valence-electron chi connectivity index (χ4n) is 4.72. The molecular formula is C25H36N6O3. The highest BCUT2D eigenvalue weighted by molar-refractivity contribution is 5.91. The van der Waals surface area contributed by atoms with E-state index in [2.05, 4.69) is 15.5 Å². The van der Waals surface area contributed by atoms with Gasteiger partial charge in [0.25, 0.3) is 0 Å². The number of methoxy groups -OCH3 is 1. The molecule has 0 unspecified atom stereocenters. The van der Waals surface area contributed by atoms with E-state index >= 15 is 0 Å². The first-order chi connectivity index (χ1) is 16.4. The maximum absolute atomic E-state index is 12.6. The molecule has 2 fully saturated rings. The molecule has 0 radical (unpaired) electrons. The molecule has 1 aliphatic heterocycles. The van der Waals surface area contributed by atoms with E-state index in [0.29, 0.717) is 37.3 Å². The van der Waals surface area contributed by atoms with E-state index in [0.717, 1.165) is 36.8 Å². The van der Waals surface area contributed by atoms with E-state index in [1.54, 1.807) is 0 Å². The van der Waals surface area contributed by atoms with Gasteiger partial charge in [-0.2, -0.15) is 0 Å². The van der Waals surface area contributed by atoms with Gasteiger partial charge in [-0.1, -0.05) is 38.8 Å². The number of nitrogens with zero attached hydrogens (tertiary/aromatic N) is 4. The Morgan fingerprint density at radius 3 is 2.47 bits per heavy atom. The van der Waals surface area contributed by atoms with E-state index in [1.807, 2.05) is 43.0 Å². The Morgan fingerprint density at radius 2 is 1.79 bits per heavy atom. The number of esters is 1. The summed E-state index contributed by atoms with van der Waals surface area (Å²) in [6, 6.07) is 7.69. The minimum atomic E-state index is -0.502. The van der Waals surface area contributed by atoms with Crippen LogP contribution in [0.15, 0.2) is 24.3 Å². The second-order valence-electron chi connectivity index (χ2n) is 9.59. The molecule has 1 aromatic carbocycles. The molecule has 1 aliphatic carbocycles. The highest BCUT2D eigenvalue weighted by Gasteiger charge is 2.26. The first-order valence-electron chi connectivity index (χ1n) is 12.3. The van der Waals surface area contributed by atoms with Crippen LogP contribution in [0.2, 0.25) is 0 Å². The van der Waals surface area contributed by atoms with E-state index in [1.165, 1.54) is 20.0 Å². The maximum Gasteiger partial charge on any atom is 0.328 e. The molecule has 1 saturated heterocycles. The van der Waals surface area contributed by atoms with Crippen molar-refractivity contribution < 1.29 is 14.3 Å². The van der Waals surface area contributed by atoms with Crippen molar-refractivity contribution in [3.05, 3.63) is 30.1 Å². The Kier molecular flexibility index (Phi) is 7.82. The third kappa shape index (κ3) is 5.75. The van der Waals surface area contributed by atoms with Gasteiger partial charge in [-0.15, -0.1) is 0 Å². The third-order valence-corrected chi connectivity index (χ3v) is 6.77. The summed E-state index contributed by atoms with van der Waals surface area (Å²) in [7, 11) is 1.40. The SMILES string of the molecule is COC(=O)[C@@H](Nc1nc(CN2CCN(C(=O)NC3CCCC3)CC2)nc2ccccc12)C(C)C. The number of hydrogen-bond donors (Lipinski definition) is 2. The van der Waals surface area contributed by atoms with Crippen LogP contribution in [-0.2, 0) is 16.1 Å². The molecule has 34 heavy (non-hydrogen) atoms. The molecule has 4 rings (SSSR count). The average Bonchev–Trinajstić information content (AvgIpc) is 3.35. The lowest BCUT2D eigenvalue weighted by Crippen LogP contribution is -2.53. The normalized spacial score (nSPS) is 18.3. The van der Waals surface area contributed by atoms with Crippen LogP contribution in [0.1, 0.15) is 45.4 Å². The van der Waals surface area contributed by atoms with Crippen LogP contribution >= 0.6 is 0 Å². The number of fused-ring (bicyclic) bond motifs is 1. The molecule has 2 N–H and O–H groups in total. The quantitative estimate of drug-likeness (QED) is 0.603. The standard InChI is InChI=1S/C25H36N6O3/c1-17(2)22(24(32)34-3)29-23-19-10-6-7-11-20(19)27-21(28-23)16-30-12-14-31(15-13-30)25(33)26-18-8-4-5-9-18/h6-7,10-11,17-18,22H,4-5,8-9,12-16H2,1-3H3,(H,26,33)(H,27,28,29)/t22-/m0/s1. The molecular weight excluding hydrogens is 432 g/mol. The number of nitrogens with one attached hydrogen (secondary N) is 2. The Hall–Kier alpha value is -2.94. The highest BCUT2D eigenvalue weighted by Crippen LogP contribution is 2.23. The molecule has 9 heteroatoms. The van der Waals surface area contributed by atoms with Crippen LogP contribution in [0.3, 0.4) is 0 Å². The van der Waals surface area contributed by atoms with E-state index in [4.69, 9.17) is 14.7 Å². The number of amides is 2. The predicted octanol–water partition coefficient (Wildman–Crippen LogP) is 3.01. The van der Waals surface area contributed by atoms with Crippen molar-refractivity contribution in [2.45, 2.75) is 58.2 Å². The van der Waals surface area contributed by atoms with Crippen LogP contribution in [0.4, 0.5) is 10.6 Å². The van der Waals surface area contributed by atoms with Crippen molar-refractivity contribution in [2.24, 2.45) is 5.92 Å². The number of ether oxygens (including phenoxy) is 1. The number of para-hydroxylation sites is 1. The van der Waals surface area contributed by atoms with Crippen LogP contribution in [0.5, 0.6) is 0 Å². The van der Waals surface area contributed by atoms with Crippen molar-refractivity contribution in [2.75, 3.05) is 38.6 Å². The average molecular weight is 469 g/mol. The number of carbonyl (C=O) groups excluding carboxylic acids is 2. The number of piperazine rings is 1. The molecule has 2 amide bonds. The van der Waals surface area contributed by atoms with Gasteiger partial charge in [-0.25, -0.2) is 19.6 Å². The Morgan fingerprint density at radius 1 is 1.09 bits per heavy atom. The largest absolute Gasteiger partial charge is 0.467 e. The Balaban J connectivity index is 1.43. The zero-order valence-electron chi connectivity index (χ0n) is 20.4. The van der Waals surface area contributed by atoms with Crippen LogP contribution in [0.25, 0.3) is 10.9 Å². The summed E-state index contributed by atoms with van der Waals surface area (Å²) < 4.78 is 4.99. The maximum atomic E-state index is 12.6. The predicted molar refractivity (Wildman–Crippen MR) is 131 cm³/mol. The number of rotatable bonds is 7. The monoisotopic (exact) mass is 468 g/mol. The lowest BCUT2D eigenvalue weighted by Gasteiger charge is -2.35. The van der Waals surface area contributed by atoms with Crippen molar-refractivity contribution in [3.8, 4) is 0 Å². The summed E-state index contributed by atoms with van der Waals surface area (Å²) in [4.78, 5) is 38.6. The van der Waals surface area contributed by atoms with Gasteiger partial charge in [0, 0.05) is 37.6 Å². The summed E-state index contributed by atoms with van der Waals surface area (Å²) in [5.41, 5.74) is 0.831. The van der Waals surface area contributed by atoms with Crippen LogP contribution in [0, 0.1) is 5.92 Å². The third-order valence-electron chi connectivity index (χ3n) is 6.77. The molecule has 1 saturated carbocycles. The van der Waals surface area contributed by atoms with E-state index in [-0.39, 0.29) is 17.9 Å². The summed E-state index contributed by atoms with van der Waals surface area (Å²) >= 11 is 0. The second kappa shape index (κ2) is 11.0. The van der Waals surface area contributed by atoms with Crippen molar-refractivity contribution >= 4 is 28.7 Å². The molecule has 1 atom stereocenters. The molecule has 0 spiro atoms. The van der Waals surface area contributed by atoms with E-state index in [9.17, 15) is 9.59 Å². The lowest BCUT2D eigenvalue weighted by molar-refractivity contribution is -0.142. The van der Waals surface area contributed by atoms with Gasteiger partial charge in [0.2, 0.25) is 0 Å². The van der Waals surface area contributed by atoms with Gasteiger partial charge in [0.15, 0.2) is 0 Å². The number of urea groups is 1. The van der Waals surface area contributed by atoms with Crippen molar-refractivity contribution in [3.63, 3.8) is 0 Å². The van der Waals surface area contributed by atoms with Gasteiger partial charge < -0.3 is 20.3 Å². The minimum absolute atomic E-state index is 0.0353. The number of carbonyl (C=O) groups is 2. The smallest absolute Gasteiger partial charge is 0.328 e. The molecule has 2 aromatic rings. The minimum Gasteiger partial charge on any atom is -0.467 e. The number of aromatic nitrogens is 2. The number of anilines is 1. The Labute approximate surface area is 201 Å². The van der Waals surface area contributed by atoms with Gasteiger partial charge >= 0.3 is 12.0 Å². The topological polar surface area (TPSA) is 99.7 Å². The van der Waals surface area contributed by atoms with Gasteiger partial charge in [0.1, 0.15) is 17.7 Å². The zero-order valence-corrected chi connectivity index (χ0v) is 20.4. The summed E-state index contributed by atoms with van der Waals surface area (Å²) in [5, 5.41) is 7.35. The lowest BCUT2D eigenvalue weighted by atomic mass is 10.0. The fourth-order valence-corrected chi connectivity index (χ4v) is 4.72. The fraction of sp³-hybridized carbons (Fsp3) is 0.600. The number of benzene rings is 1. The summed E-state index contributed by atoms with van der Waals surface area (Å²) in [6.45, 7) is 7.45. The second-order valence-corrected chi connectivity index (χ2v) is 9.59. The molecule has 2 aliphatic rings. The molecule has 9 nitrogen and oxygen atoms in total. The van der Waals surface area contributed by atoms with Gasteiger partial charge in [0.05, 0.1) is 19.2 Å². The summed E-state index contributed by atoms with van der Waals surface area (Å²) in [5.74, 6) is 1.05. The van der Waals surface area contributed by atoms with Crippen LogP contribution < -0.4 is 10.6 Å². The molecule has 184 valence electrons. The highest BCUT2D eigenvalue weighted by atomic mass is 16.5. The van der Waals surface area contributed by atoms with Crippen molar-refractivity contribution in [1.82, 2.24) is 25.1 Å². The number of hydrogen-bond acceptors (Lipinski definition) is 7. The first-order valence-corrected chi connectivity index (χ1v) is 12.3.